The summed E-state index contributed by atoms with van der Waals surface area (Å²) in [6.45, 7) is 0. The van der Waals surface area contributed by atoms with Crippen LogP contribution in [0.1, 0.15) is 53.3 Å². The van der Waals surface area contributed by atoms with E-state index in [9.17, 15) is 13.7 Å². The molecule has 35 heavy (non-hydrogen) atoms. The van der Waals surface area contributed by atoms with Crippen molar-refractivity contribution >= 4 is 28.3 Å². The second-order valence-electron chi connectivity index (χ2n) is 8.88. The Morgan fingerprint density at radius 1 is 1.11 bits per heavy atom. The fourth-order valence-electron chi connectivity index (χ4n) is 4.71. The Labute approximate surface area is 204 Å². The average Bonchev–Trinajstić information content (AvgIpc) is 3.39. The molecule has 1 aliphatic carbocycles. The van der Waals surface area contributed by atoms with Crippen molar-refractivity contribution in [1.82, 2.24) is 24.9 Å². The molecule has 2 aliphatic rings. The summed E-state index contributed by atoms with van der Waals surface area (Å²) in [6.07, 6.45) is 11.5. The SMILES string of the molecule is C[S+](C)[O-].O=C1OC2(CCC(c3nc4cnc(-c5ccc(F)cc5)nc4[nH]3)CC2)c2cnccc21. The van der Waals surface area contributed by atoms with E-state index in [4.69, 9.17) is 9.72 Å². The molecule has 1 aromatic carbocycles. The number of fused-ring (bicyclic) bond motifs is 3. The maximum atomic E-state index is 13.2. The maximum absolute atomic E-state index is 13.2. The molecule has 0 atom stereocenters. The summed E-state index contributed by atoms with van der Waals surface area (Å²) in [6, 6.07) is 7.83. The van der Waals surface area contributed by atoms with Crippen molar-refractivity contribution in [3.05, 3.63) is 71.7 Å². The Kier molecular flexibility index (Phi) is 6.24. The van der Waals surface area contributed by atoms with E-state index in [1.165, 1.54) is 12.1 Å². The number of aromatic nitrogens is 5. The minimum Gasteiger partial charge on any atom is -0.617 e. The van der Waals surface area contributed by atoms with Crippen molar-refractivity contribution in [3.8, 4) is 11.4 Å². The summed E-state index contributed by atoms with van der Waals surface area (Å²) in [7, 11) is 0. The van der Waals surface area contributed by atoms with Crippen LogP contribution in [-0.2, 0) is 21.5 Å². The normalized spacial score (nSPS) is 21.1. The molecular formula is C25H24FN5O3S. The van der Waals surface area contributed by atoms with Gasteiger partial charge in [-0.2, -0.15) is 0 Å². The summed E-state index contributed by atoms with van der Waals surface area (Å²) in [5, 5.41) is 0. The van der Waals surface area contributed by atoms with E-state index >= 15 is 0 Å². The van der Waals surface area contributed by atoms with Gasteiger partial charge >= 0.3 is 5.97 Å². The maximum Gasteiger partial charge on any atom is 0.339 e. The summed E-state index contributed by atoms with van der Waals surface area (Å²) in [5.74, 6) is 1.05. The third-order valence-corrected chi connectivity index (χ3v) is 6.36. The van der Waals surface area contributed by atoms with E-state index in [0.717, 1.165) is 42.6 Å². The van der Waals surface area contributed by atoms with Gasteiger partial charge < -0.3 is 14.3 Å². The Morgan fingerprint density at radius 2 is 1.83 bits per heavy atom. The first-order valence-electron chi connectivity index (χ1n) is 11.3. The van der Waals surface area contributed by atoms with Crippen LogP contribution in [0.4, 0.5) is 4.39 Å². The van der Waals surface area contributed by atoms with Crippen LogP contribution < -0.4 is 0 Å². The predicted octanol–water partition coefficient (Wildman–Crippen LogP) is 4.27. The van der Waals surface area contributed by atoms with Gasteiger partial charge in [0.05, 0.1) is 24.3 Å². The van der Waals surface area contributed by atoms with Crippen molar-refractivity contribution in [1.29, 1.82) is 0 Å². The van der Waals surface area contributed by atoms with Gasteiger partial charge in [0.2, 0.25) is 0 Å². The standard InChI is InChI=1S/C23H18FN5O2.C2H6OS/c24-15-3-1-13(2-4-15)19-26-12-18-21(28-19)29-20(27-18)14-5-8-23(9-6-14)17-11-25-10-7-16(17)22(30)31-23;1-4(2)3/h1-4,7,10-12,14H,5-6,8-9H2,(H,26,27,28,29);1-2H3. The van der Waals surface area contributed by atoms with E-state index in [1.807, 2.05) is 0 Å². The Balaban J connectivity index is 0.000000591. The molecule has 1 aliphatic heterocycles. The molecular weight excluding hydrogens is 469 g/mol. The number of aromatic amines is 1. The highest BCUT2D eigenvalue weighted by molar-refractivity contribution is 7.89. The van der Waals surface area contributed by atoms with Crippen molar-refractivity contribution in [2.24, 2.45) is 0 Å². The number of pyridine rings is 1. The van der Waals surface area contributed by atoms with E-state index in [2.05, 4.69) is 19.9 Å². The smallest absolute Gasteiger partial charge is 0.339 e. The first-order chi connectivity index (χ1) is 16.8. The highest BCUT2D eigenvalue weighted by Gasteiger charge is 2.48. The third-order valence-electron chi connectivity index (χ3n) is 6.36. The Bertz CT molecular complexity index is 1360. The van der Waals surface area contributed by atoms with E-state index in [1.54, 1.807) is 49.3 Å². The number of hydrogen-bond acceptors (Lipinski definition) is 7. The molecule has 4 heterocycles. The molecule has 4 aromatic rings. The first kappa shape index (κ1) is 23.4. The van der Waals surface area contributed by atoms with Gasteiger partial charge in [-0.15, -0.1) is 0 Å². The molecule has 0 saturated heterocycles. The van der Waals surface area contributed by atoms with Crippen LogP contribution in [0.3, 0.4) is 0 Å². The topological polar surface area (TPSA) is 117 Å². The van der Waals surface area contributed by atoms with Crippen molar-refractivity contribution in [2.45, 2.75) is 37.2 Å². The molecule has 0 amide bonds. The van der Waals surface area contributed by atoms with Gasteiger partial charge in [0.25, 0.3) is 0 Å². The number of carbonyl (C=O) groups is 1. The molecule has 0 unspecified atom stereocenters. The van der Waals surface area contributed by atoms with Crippen molar-refractivity contribution in [3.63, 3.8) is 0 Å². The number of ether oxygens (including phenoxy) is 1. The Hall–Kier alpha value is -3.37. The number of H-pyrrole nitrogens is 1. The summed E-state index contributed by atoms with van der Waals surface area (Å²) in [5.41, 5.74) is 3.06. The minimum absolute atomic E-state index is 0.216. The number of benzene rings is 1. The molecule has 6 rings (SSSR count). The highest BCUT2D eigenvalue weighted by Crippen LogP contribution is 2.49. The molecule has 10 heteroatoms. The number of imidazole rings is 1. The molecule has 0 bridgehead atoms. The lowest BCUT2D eigenvalue weighted by Gasteiger charge is -2.35. The molecule has 1 fully saturated rings. The minimum atomic E-state index is -0.611. The fourth-order valence-corrected chi connectivity index (χ4v) is 4.71. The lowest BCUT2D eigenvalue weighted by atomic mass is 9.75. The summed E-state index contributed by atoms with van der Waals surface area (Å²) >= 11 is -0.611. The number of hydrogen-bond donors (Lipinski definition) is 1. The lowest BCUT2D eigenvalue weighted by Crippen LogP contribution is -2.31. The van der Waals surface area contributed by atoms with Crippen LogP contribution in [0.25, 0.3) is 22.6 Å². The average molecular weight is 494 g/mol. The van der Waals surface area contributed by atoms with Gasteiger partial charge in [-0.1, -0.05) is 11.2 Å². The van der Waals surface area contributed by atoms with Gasteiger partial charge in [-0.05, 0) is 56.0 Å². The van der Waals surface area contributed by atoms with Crippen LogP contribution in [0.2, 0.25) is 0 Å². The Morgan fingerprint density at radius 3 is 2.54 bits per heavy atom. The quantitative estimate of drug-likeness (QED) is 0.327. The van der Waals surface area contributed by atoms with Gasteiger partial charge in [0, 0.05) is 29.4 Å². The number of esters is 1. The van der Waals surface area contributed by atoms with Crippen LogP contribution in [-0.4, -0.2) is 48.0 Å². The lowest BCUT2D eigenvalue weighted by molar-refractivity contribution is -0.0313. The van der Waals surface area contributed by atoms with Crippen LogP contribution in [0.5, 0.6) is 0 Å². The number of rotatable bonds is 2. The molecule has 1 spiro atoms. The first-order valence-corrected chi connectivity index (χ1v) is 13.2. The van der Waals surface area contributed by atoms with Crippen LogP contribution >= 0.6 is 0 Å². The zero-order valence-corrected chi connectivity index (χ0v) is 20.1. The summed E-state index contributed by atoms with van der Waals surface area (Å²) in [4.78, 5) is 33.5. The third kappa shape index (κ3) is 4.63. The molecule has 180 valence electrons. The van der Waals surface area contributed by atoms with Gasteiger partial charge in [-0.25, -0.2) is 24.1 Å². The number of halogens is 1. The van der Waals surface area contributed by atoms with Crippen LogP contribution in [0.15, 0.2) is 48.9 Å². The number of nitrogens with one attached hydrogen (secondary N) is 1. The predicted molar refractivity (Wildman–Crippen MR) is 130 cm³/mol. The van der Waals surface area contributed by atoms with Crippen molar-refractivity contribution < 1.29 is 18.5 Å². The van der Waals surface area contributed by atoms with E-state index < -0.39 is 16.8 Å². The molecule has 1 saturated carbocycles. The van der Waals surface area contributed by atoms with Crippen molar-refractivity contribution in [2.75, 3.05) is 12.5 Å². The molecule has 3 aromatic heterocycles. The highest BCUT2D eigenvalue weighted by atomic mass is 32.2. The number of nitrogens with zero attached hydrogens (tertiary/aromatic N) is 4. The van der Waals surface area contributed by atoms with Crippen LogP contribution in [0, 0.1) is 5.82 Å². The second-order valence-corrected chi connectivity index (χ2v) is 10.4. The largest absolute Gasteiger partial charge is 0.617 e. The monoisotopic (exact) mass is 493 g/mol. The molecule has 0 radical (unpaired) electrons. The second kappa shape index (κ2) is 9.35. The molecule has 1 N–H and O–H groups in total. The molecule has 8 nitrogen and oxygen atoms in total. The number of carbonyl (C=O) groups excluding carboxylic acids is 1. The fraction of sp³-hybridized carbons (Fsp3) is 0.320. The summed E-state index contributed by atoms with van der Waals surface area (Å²) < 4.78 is 28.6. The van der Waals surface area contributed by atoms with Gasteiger partial charge in [-0.3, -0.25) is 4.98 Å². The van der Waals surface area contributed by atoms with E-state index in [0.29, 0.717) is 22.6 Å². The van der Waals surface area contributed by atoms with Gasteiger partial charge in [0.15, 0.2) is 11.5 Å². The zero-order chi connectivity index (χ0) is 24.6. The van der Waals surface area contributed by atoms with Gasteiger partial charge in [0.1, 0.15) is 22.8 Å². The zero-order valence-electron chi connectivity index (χ0n) is 19.3. The van der Waals surface area contributed by atoms with E-state index in [-0.39, 0.29) is 17.7 Å².